The number of ether oxygens (including phenoxy) is 3. The van der Waals surface area contributed by atoms with Crippen LogP contribution in [-0.4, -0.2) is 61.4 Å². The van der Waals surface area contributed by atoms with Crippen LogP contribution in [0.3, 0.4) is 0 Å². The molecule has 0 bridgehead atoms. The summed E-state index contributed by atoms with van der Waals surface area (Å²) in [5.41, 5.74) is -0.707. The van der Waals surface area contributed by atoms with E-state index >= 15 is 0 Å². The Kier molecular flexibility index (Phi) is 6.24. The van der Waals surface area contributed by atoms with Crippen molar-refractivity contribution in [3.63, 3.8) is 0 Å². The predicted octanol–water partition coefficient (Wildman–Crippen LogP) is 2.85. The number of fused-ring (bicyclic) bond motifs is 1. The number of esters is 1. The Labute approximate surface area is 146 Å². The first-order chi connectivity index (χ1) is 11.6. The van der Waals surface area contributed by atoms with Crippen molar-refractivity contribution in [1.82, 2.24) is 4.90 Å². The number of methoxy groups -OCH3 is 1. The molecule has 1 amide bonds. The number of carbonyl (C=O) groups excluding carboxylic acids is 2. The van der Waals surface area contributed by atoms with Gasteiger partial charge in [-0.05, 0) is 39.5 Å². The lowest BCUT2D eigenvalue weighted by molar-refractivity contribution is -0.150. The Hall–Kier alpha value is -1.44. The number of likely N-dealkylation sites (tertiary alicyclic amines) is 1. The second-order valence-corrected chi connectivity index (χ2v) is 7.71. The number of hydrogen-bond acceptors (Lipinski definition) is 5. The number of alkyl halides is 2. The van der Waals surface area contributed by atoms with Crippen molar-refractivity contribution < 1.29 is 32.6 Å². The molecule has 2 aliphatic rings. The van der Waals surface area contributed by atoms with Gasteiger partial charge in [-0.2, -0.15) is 0 Å². The van der Waals surface area contributed by atoms with Crippen molar-refractivity contribution >= 4 is 12.1 Å². The summed E-state index contributed by atoms with van der Waals surface area (Å²) in [5.74, 6) is -0.958. The van der Waals surface area contributed by atoms with Gasteiger partial charge in [-0.25, -0.2) is 18.4 Å². The topological polar surface area (TPSA) is 65.1 Å². The van der Waals surface area contributed by atoms with E-state index in [0.29, 0.717) is 12.8 Å². The molecule has 0 aromatic heterocycles. The molecule has 2 heterocycles. The monoisotopic (exact) mass is 363 g/mol. The number of hydrogen-bond donors (Lipinski definition) is 0. The third-order valence-electron chi connectivity index (χ3n) is 4.60. The summed E-state index contributed by atoms with van der Waals surface area (Å²) in [5, 5.41) is 0. The lowest BCUT2D eigenvalue weighted by Gasteiger charge is -2.28. The summed E-state index contributed by atoms with van der Waals surface area (Å²) in [4.78, 5) is 26.1. The van der Waals surface area contributed by atoms with Crippen LogP contribution in [0.2, 0.25) is 0 Å². The fourth-order valence-corrected chi connectivity index (χ4v) is 3.61. The van der Waals surface area contributed by atoms with Crippen LogP contribution in [0.15, 0.2) is 0 Å². The summed E-state index contributed by atoms with van der Waals surface area (Å²) in [6.45, 7) is 5.73. The van der Waals surface area contributed by atoms with Crippen LogP contribution in [0.4, 0.5) is 13.6 Å². The van der Waals surface area contributed by atoms with E-state index in [2.05, 4.69) is 0 Å². The lowest BCUT2D eigenvalue weighted by atomic mass is 9.88. The molecule has 0 aliphatic carbocycles. The molecule has 0 aromatic rings. The second-order valence-electron chi connectivity index (χ2n) is 7.71. The highest BCUT2D eigenvalue weighted by Crippen LogP contribution is 2.37. The normalized spacial score (nSPS) is 30.0. The largest absolute Gasteiger partial charge is 0.467 e. The third-order valence-corrected chi connectivity index (χ3v) is 4.60. The summed E-state index contributed by atoms with van der Waals surface area (Å²) in [6, 6.07) is -0.907. The van der Waals surface area contributed by atoms with Crippen LogP contribution in [0, 0.1) is 11.8 Å². The molecule has 0 saturated carbocycles. The van der Waals surface area contributed by atoms with E-state index in [1.165, 1.54) is 12.0 Å². The number of rotatable bonds is 3. The molecule has 2 rings (SSSR count). The SMILES string of the molecule is COC(=O)[C@@H]1[C@@H]2OCC[C@@H](CC(F)F)C[C@H]2CN1C(=O)OC(C)(C)C. The molecule has 2 aliphatic heterocycles. The van der Waals surface area contributed by atoms with Gasteiger partial charge >= 0.3 is 12.1 Å². The Bertz CT molecular complexity index is 494. The molecule has 2 saturated heterocycles. The van der Waals surface area contributed by atoms with Gasteiger partial charge in [0, 0.05) is 25.5 Å². The third kappa shape index (κ3) is 5.03. The summed E-state index contributed by atoms with van der Waals surface area (Å²) < 4.78 is 41.5. The molecule has 144 valence electrons. The number of halogens is 2. The van der Waals surface area contributed by atoms with Gasteiger partial charge in [0.15, 0.2) is 6.04 Å². The van der Waals surface area contributed by atoms with E-state index in [1.54, 1.807) is 20.8 Å². The summed E-state index contributed by atoms with van der Waals surface area (Å²) in [6.07, 6.45) is -2.73. The summed E-state index contributed by atoms with van der Waals surface area (Å²) in [7, 11) is 1.25. The fourth-order valence-electron chi connectivity index (χ4n) is 3.61. The Balaban J connectivity index is 2.18. The quantitative estimate of drug-likeness (QED) is 0.722. The summed E-state index contributed by atoms with van der Waals surface area (Å²) >= 11 is 0. The van der Waals surface area contributed by atoms with Crippen molar-refractivity contribution in [2.24, 2.45) is 11.8 Å². The van der Waals surface area contributed by atoms with E-state index < -0.39 is 36.2 Å². The molecule has 0 unspecified atom stereocenters. The second kappa shape index (κ2) is 7.85. The van der Waals surface area contributed by atoms with Crippen LogP contribution in [0.25, 0.3) is 0 Å². The number of amides is 1. The molecule has 2 fully saturated rings. The zero-order chi connectivity index (χ0) is 18.8. The van der Waals surface area contributed by atoms with Crippen LogP contribution < -0.4 is 0 Å². The highest BCUT2D eigenvalue weighted by Gasteiger charge is 2.51. The highest BCUT2D eigenvalue weighted by atomic mass is 19.3. The minimum Gasteiger partial charge on any atom is -0.467 e. The van der Waals surface area contributed by atoms with Crippen molar-refractivity contribution in [3.05, 3.63) is 0 Å². The van der Waals surface area contributed by atoms with Crippen molar-refractivity contribution in [2.45, 2.75) is 64.2 Å². The molecule has 4 atom stereocenters. The maximum Gasteiger partial charge on any atom is 0.411 e. The molecule has 25 heavy (non-hydrogen) atoms. The van der Waals surface area contributed by atoms with Gasteiger partial charge in [-0.15, -0.1) is 0 Å². The first kappa shape index (κ1) is 19.9. The predicted molar refractivity (Wildman–Crippen MR) is 85.3 cm³/mol. The molecule has 8 heteroatoms. The smallest absolute Gasteiger partial charge is 0.411 e. The van der Waals surface area contributed by atoms with Gasteiger partial charge in [-0.1, -0.05) is 0 Å². The van der Waals surface area contributed by atoms with E-state index in [9.17, 15) is 18.4 Å². The van der Waals surface area contributed by atoms with E-state index in [1.807, 2.05) is 0 Å². The van der Waals surface area contributed by atoms with E-state index in [4.69, 9.17) is 14.2 Å². The van der Waals surface area contributed by atoms with Gasteiger partial charge in [0.25, 0.3) is 0 Å². The van der Waals surface area contributed by atoms with Crippen LogP contribution in [0.5, 0.6) is 0 Å². The van der Waals surface area contributed by atoms with Crippen LogP contribution in [-0.2, 0) is 19.0 Å². The molecule has 0 N–H and O–H groups in total. The van der Waals surface area contributed by atoms with E-state index in [-0.39, 0.29) is 31.4 Å². The molecule has 0 spiro atoms. The average molecular weight is 363 g/mol. The van der Waals surface area contributed by atoms with Crippen molar-refractivity contribution in [2.75, 3.05) is 20.3 Å². The molecule has 0 aromatic carbocycles. The minimum atomic E-state index is -2.37. The standard InChI is InChI=1S/C17H27F2NO5/c1-17(2,3)25-16(22)20-9-11-7-10(8-12(18)19)5-6-24-14(11)13(20)15(21)23-4/h10-14H,5-9H2,1-4H3/t10-,11+,13+,14-/m1/s1. The maximum atomic E-state index is 12.7. The lowest BCUT2D eigenvalue weighted by Crippen LogP contribution is -2.48. The van der Waals surface area contributed by atoms with Gasteiger partial charge in [0.05, 0.1) is 13.2 Å². The first-order valence-corrected chi connectivity index (χ1v) is 8.59. The number of nitrogens with zero attached hydrogens (tertiary/aromatic N) is 1. The van der Waals surface area contributed by atoms with E-state index in [0.717, 1.165) is 0 Å². The Morgan fingerprint density at radius 2 is 2.00 bits per heavy atom. The van der Waals surface area contributed by atoms with Crippen molar-refractivity contribution in [1.29, 1.82) is 0 Å². The van der Waals surface area contributed by atoms with Crippen molar-refractivity contribution in [3.8, 4) is 0 Å². The molecular weight excluding hydrogens is 336 g/mol. The van der Waals surface area contributed by atoms with Gasteiger partial charge in [-0.3, -0.25) is 4.90 Å². The fraction of sp³-hybridized carbons (Fsp3) is 0.882. The Morgan fingerprint density at radius 3 is 2.56 bits per heavy atom. The van der Waals surface area contributed by atoms with Crippen LogP contribution >= 0.6 is 0 Å². The molecule has 0 radical (unpaired) electrons. The minimum absolute atomic E-state index is 0.188. The number of carbonyl (C=O) groups is 2. The first-order valence-electron chi connectivity index (χ1n) is 8.59. The van der Waals surface area contributed by atoms with Crippen LogP contribution in [0.1, 0.15) is 40.0 Å². The Morgan fingerprint density at radius 1 is 1.32 bits per heavy atom. The maximum absolute atomic E-state index is 12.7. The average Bonchev–Trinajstić information content (AvgIpc) is 2.72. The molecule has 6 nitrogen and oxygen atoms in total. The van der Waals surface area contributed by atoms with Gasteiger partial charge in [0.2, 0.25) is 6.43 Å². The molecular formula is C17H27F2NO5. The zero-order valence-corrected chi connectivity index (χ0v) is 15.2. The highest BCUT2D eigenvalue weighted by molar-refractivity contribution is 5.83. The van der Waals surface area contributed by atoms with Gasteiger partial charge in [0.1, 0.15) is 5.60 Å². The zero-order valence-electron chi connectivity index (χ0n) is 15.2. The van der Waals surface area contributed by atoms with Gasteiger partial charge < -0.3 is 14.2 Å².